The molecule has 5 heteroatoms. The van der Waals surface area contributed by atoms with Crippen LogP contribution in [0, 0.1) is 6.92 Å². The summed E-state index contributed by atoms with van der Waals surface area (Å²) in [5.74, 6) is -0.144. The molecule has 0 saturated carbocycles. The third-order valence-corrected chi connectivity index (χ3v) is 1.66. The summed E-state index contributed by atoms with van der Waals surface area (Å²) in [5.41, 5.74) is 1.11. The molecule has 1 amide bonds. The Hall–Kier alpha value is -1.36. The molecular weight excluding hydrogens is 170 g/mol. The molecule has 5 nitrogen and oxygen atoms in total. The van der Waals surface area contributed by atoms with E-state index in [-0.39, 0.29) is 5.91 Å². The van der Waals surface area contributed by atoms with Crippen LogP contribution >= 0.6 is 0 Å². The zero-order valence-corrected chi connectivity index (χ0v) is 7.76. The Morgan fingerprint density at radius 2 is 2.38 bits per heavy atom. The average molecular weight is 183 g/mol. The van der Waals surface area contributed by atoms with Crippen LogP contribution in [0.15, 0.2) is 10.8 Å². The summed E-state index contributed by atoms with van der Waals surface area (Å²) in [6, 6.07) is 0. The number of aromatic nitrogens is 1. The largest absolute Gasteiger partial charge is 0.364 e. The SMILES string of the molecule is CNCCNC(=O)c1conc1C. The van der Waals surface area contributed by atoms with Crippen LogP contribution in [-0.2, 0) is 0 Å². The first-order valence-corrected chi connectivity index (χ1v) is 4.09. The number of carbonyl (C=O) groups excluding carboxylic acids is 1. The molecule has 0 aliphatic rings. The van der Waals surface area contributed by atoms with Crippen LogP contribution in [0.5, 0.6) is 0 Å². The normalized spacial score (nSPS) is 10.0. The molecule has 1 aromatic rings. The van der Waals surface area contributed by atoms with Gasteiger partial charge in [0, 0.05) is 13.1 Å². The van der Waals surface area contributed by atoms with Crippen LogP contribution in [-0.4, -0.2) is 31.2 Å². The minimum atomic E-state index is -0.144. The van der Waals surface area contributed by atoms with E-state index in [9.17, 15) is 4.79 Å². The first-order valence-electron chi connectivity index (χ1n) is 4.09. The standard InChI is InChI=1S/C8H13N3O2/c1-6-7(5-13-11-6)8(12)10-4-3-9-2/h5,9H,3-4H2,1-2H3,(H,10,12). The van der Waals surface area contributed by atoms with Crippen LogP contribution in [0.25, 0.3) is 0 Å². The molecule has 72 valence electrons. The Balaban J connectivity index is 2.45. The van der Waals surface area contributed by atoms with Gasteiger partial charge in [0.05, 0.1) is 5.69 Å². The molecule has 1 rings (SSSR count). The monoisotopic (exact) mass is 183 g/mol. The van der Waals surface area contributed by atoms with Crippen molar-refractivity contribution < 1.29 is 9.32 Å². The van der Waals surface area contributed by atoms with E-state index in [2.05, 4.69) is 20.3 Å². The Labute approximate surface area is 76.5 Å². The topological polar surface area (TPSA) is 67.2 Å². The molecule has 0 bridgehead atoms. The molecule has 0 aliphatic heterocycles. The van der Waals surface area contributed by atoms with E-state index in [4.69, 9.17) is 0 Å². The minimum Gasteiger partial charge on any atom is -0.364 e. The highest BCUT2D eigenvalue weighted by atomic mass is 16.5. The van der Waals surface area contributed by atoms with Gasteiger partial charge in [-0.05, 0) is 14.0 Å². The van der Waals surface area contributed by atoms with Gasteiger partial charge in [-0.2, -0.15) is 0 Å². The molecule has 1 aromatic heterocycles. The molecular formula is C8H13N3O2. The maximum atomic E-state index is 11.4. The Kier molecular flexibility index (Phi) is 3.45. The zero-order valence-electron chi connectivity index (χ0n) is 7.76. The average Bonchev–Trinajstić information content (AvgIpc) is 2.52. The smallest absolute Gasteiger partial charge is 0.256 e. The highest BCUT2D eigenvalue weighted by Crippen LogP contribution is 2.03. The van der Waals surface area contributed by atoms with Crippen LogP contribution < -0.4 is 10.6 Å². The molecule has 2 N–H and O–H groups in total. The van der Waals surface area contributed by atoms with Crippen molar-refractivity contribution in [1.29, 1.82) is 0 Å². The van der Waals surface area contributed by atoms with Gasteiger partial charge in [-0.1, -0.05) is 5.16 Å². The van der Waals surface area contributed by atoms with E-state index >= 15 is 0 Å². The van der Waals surface area contributed by atoms with Crippen molar-refractivity contribution >= 4 is 5.91 Å². The van der Waals surface area contributed by atoms with Crippen LogP contribution in [0.1, 0.15) is 16.1 Å². The Bertz CT molecular complexity index is 283. The van der Waals surface area contributed by atoms with E-state index < -0.39 is 0 Å². The molecule has 0 atom stereocenters. The van der Waals surface area contributed by atoms with Crippen molar-refractivity contribution in [1.82, 2.24) is 15.8 Å². The van der Waals surface area contributed by atoms with E-state index in [0.717, 1.165) is 6.54 Å². The van der Waals surface area contributed by atoms with Gasteiger partial charge < -0.3 is 15.2 Å². The molecule has 0 aliphatic carbocycles. The number of likely N-dealkylation sites (N-methyl/N-ethyl adjacent to an activating group) is 1. The van der Waals surface area contributed by atoms with Gasteiger partial charge >= 0.3 is 0 Å². The van der Waals surface area contributed by atoms with Crippen LogP contribution in [0.3, 0.4) is 0 Å². The lowest BCUT2D eigenvalue weighted by molar-refractivity contribution is 0.0953. The predicted octanol–water partition coefficient (Wildman–Crippen LogP) is -0.0678. The van der Waals surface area contributed by atoms with E-state index in [1.54, 1.807) is 6.92 Å². The second kappa shape index (κ2) is 4.61. The predicted molar refractivity (Wildman–Crippen MR) is 47.5 cm³/mol. The lowest BCUT2D eigenvalue weighted by Crippen LogP contribution is -2.30. The van der Waals surface area contributed by atoms with E-state index in [0.29, 0.717) is 17.8 Å². The van der Waals surface area contributed by atoms with Crippen LogP contribution in [0.2, 0.25) is 0 Å². The second-order valence-electron chi connectivity index (χ2n) is 2.67. The Morgan fingerprint density at radius 3 is 2.92 bits per heavy atom. The van der Waals surface area contributed by atoms with Gasteiger partial charge in [-0.3, -0.25) is 4.79 Å². The maximum absolute atomic E-state index is 11.4. The number of rotatable bonds is 4. The van der Waals surface area contributed by atoms with Crippen LogP contribution in [0.4, 0.5) is 0 Å². The van der Waals surface area contributed by atoms with Gasteiger partial charge in [0.2, 0.25) is 0 Å². The molecule has 0 spiro atoms. The summed E-state index contributed by atoms with van der Waals surface area (Å²) in [7, 11) is 1.83. The quantitative estimate of drug-likeness (QED) is 0.641. The third kappa shape index (κ3) is 2.55. The fourth-order valence-corrected chi connectivity index (χ4v) is 0.907. The van der Waals surface area contributed by atoms with Gasteiger partial charge in [-0.25, -0.2) is 0 Å². The highest BCUT2D eigenvalue weighted by molar-refractivity contribution is 5.94. The number of aryl methyl sites for hydroxylation is 1. The van der Waals surface area contributed by atoms with E-state index in [1.807, 2.05) is 7.05 Å². The van der Waals surface area contributed by atoms with Crippen molar-refractivity contribution in [3.63, 3.8) is 0 Å². The maximum Gasteiger partial charge on any atom is 0.256 e. The summed E-state index contributed by atoms with van der Waals surface area (Å²) >= 11 is 0. The first-order chi connectivity index (χ1) is 6.25. The lowest BCUT2D eigenvalue weighted by Gasteiger charge is -2.01. The number of amides is 1. The van der Waals surface area contributed by atoms with Gasteiger partial charge in [0.15, 0.2) is 0 Å². The molecule has 13 heavy (non-hydrogen) atoms. The van der Waals surface area contributed by atoms with Crippen molar-refractivity contribution in [3.05, 3.63) is 17.5 Å². The Morgan fingerprint density at radius 1 is 1.62 bits per heavy atom. The number of nitrogens with one attached hydrogen (secondary N) is 2. The first kappa shape index (κ1) is 9.73. The summed E-state index contributed by atoms with van der Waals surface area (Å²) in [5, 5.41) is 9.27. The van der Waals surface area contributed by atoms with E-state index in [1.165, 1.54) is 6.26 Å². The number of hydrogen-bond acceptors (Lipinski definition) is 4. The van der Waals surface area contributed by atoms with Crippen molar-refractivity contribution in [3.8, 4) is 0 Å². The molecule has 0 saturated heterocycles. The third-order valence-electron chi connectivity index (χ3n) is 1.66. The number of carbonyl (C=O) groups is 1. The molecule has 0 fully saturated rings. The lowest BCUT2D eigenvalue weighted by atomic mass is 10.2. The van der Waals surface area contributed by atoms with Crippen molar-refractivity contribution in [2.24, 2.45) is 0 Å². The van der Waals surface area contributed by atoms with Gasteiger partial charge in [0.25, 0.3) is 5.91 Å². The molecule has 0 unspecified atom stereocenters. The molecule has 0 aromatic carbocycles. The van der Waals surface area contributed by atoms with Gasteiger partial charge in [-0.15, -0.1) is 0 Å². The fraction of sp³-hybridized carbons (Fsp3) is 0.500. The van der Waals surface area contributed by atoms with Crippen molar-refractivity contribution in [2.45, 2.75) is 6.92 Å². The van der Waals surface area contributed by atoms with Crippen molar-refractivity contribution in [2.75, 3.05) is 20.1 Å². The zero-order chi connectivity index (χ0) is 9.68. The minimum absolute atomic E-state index is 0.144. The summed E-state index contributed by atoms with van der Waals surface area (Å²) in [6.45, 7) is 3.08. The fourth-order valence-electron chi connectivity index (χ4n) is 0.907. The summed E-state index contributed by atoms with van der Waals surface area (Å²) < 4.78 is 4.65. The molecule has 0 radical (unpaired) electrons. The van der Waals surface area contributed by atoms with Gasteiger partial charge in [0.1, 0.15) is 11.8 Å². The highest BCUT2D eigenvalue weighted by Gasteiger charge is 2.10. The second-order valence-corrected chi connectivity index (χ2v) is 2.67. The number of nitrogens with zero attached hydrogens (tertiary/aromatic N) is 1. The summed E-state index contributed by atoms with van der Waals surface area (Å²) in [4.78, 5) is 11.4. The molecule has 1 heterocycles. The number of hydrogen-bond donors (Lipinski definition) is 2. The summed E-state index contributed by atoms with van der Waals surface area (Å²) in [6.07, 6.45) is 1.35.